The number of anilines is 2. The second-order valence-corrected chi connectivity index (χ2v) is 8.32. The first-order valence-electron chi connectivity index (χ1n) is 8.96. The summed E-state index contributed by atoms with van der Waals surface area (Å²) in [5.74, 6) is -0.215. The van der Waals surface area contributed by atoms with Gasteiger partial charge in [0, 0.05) is 17.3 Å². The maximum Gasteiger partial charge on any atom is 0.319 e. The molecule has 0 spiro atoms. The number of nitrogens with one attached hydrogen (secondary N) is 3. The lowest BCUT2D eigenvalue weighted by Gasteiger charge is -2.27. The standard InChI is InChI=1S/C21H25Cl2N3O2/c1-12(2)19(27)24-15-8-6-13(3)18(11-15)25-20(28)26-21(4,5)14-7-9-16(22)17(23)10-14/h6-12H,1-5H3,(H,24,27)(H2,25,26,28). The lowest BCUT2D eigenvalue weighted by Crippen LogP contribution is -2.43. The third kappa shape index (κ3) is 5.63. The monoisotopic (exact) mass is 421 g/mol. The third-order valence-corrected chi connectivity index (χ3v) is 5.08. The third-order valence-electron chi connectivity index (χ3n) is 4.35. The minimum absolute atomic E-state index is 0.0833. The molecule has 0 bridgehead atoms. The van der Waals surface area contributed by atoms with E-state index in [-0.39, 0.29) is 17.9 Å². The fourth-order valence-corrected chi connectivity index (χ4v) is 2.81. The van der Waals surface area contributed by atoms with Crippen LogP contribution < -0.4 is 16.0 Å². The van der Waals surface area contributed by atoms with Crippen molar-refractivity contribution < 1.29 is 9.59 Å². The fraction of sp³-hybridized carbons (Fsp3) is 0.333. The highest BCUT2D eigenvalue weighted by Gasteiger charge is 2.24. The molecule has 0 radical (unpaired) electrons. The molecule has 0 saturated carbocycles. The molecule has 0 heterocycles. The van der Waals surface area contributed by atoms with Gasteiger partial charge in [-0.05, 0) is 56.2 Å². The number of halogens is 2. The normalized spacial score (nSPS) is 11.3. The molecule has 0 aliphatic heterocycles. The molecule has 2 aromatic rings. The molecule has 0 aromatic heterocycles. The topological polar surface area (TPSA) is 70.2 Å². The Hall–Kier alpha value is -2.24. The van der Waals surface area contributed by atoms with Gasteiger partial charge in [-0.3, -0.25) is 4.79 Å². The van der Waals surface area contributed by atoms with Crippen molar-refractivity contribution in [2.75, 3.05) is 10.6 Å². The van der Waals surface area contributed by atoms with Crippen molar-refractivity contribution in [3.8, 4) is 0 Å². The maximum atomic E-state index is 12.6. The zero-order valence-electron chi connectivity index (χ0n) is 16.6. The number of hydrogen-bond donors (Lipinski definition) is 3. The van der Waals surface area contributed by atoms with E-state index < -0.39 is 5.54 Å². The van der Waals surface area contributed by atoms with Gasteiger partial charge in [0.25, 0.3) is 0 Å². The average molecular weight is 422 g/mol. The maximum absolute atomic E-state index is 12.6. The lowest BCUT2D eigenvalue weighted by atomic mass is 9.94. The summed E-state index contributed by atoms with van der Waals surface area (Å²) in [6, 6.07) is 10.3. The average Bonchev–Trinajstić information content (AvgIpc) is 2.59. The van der Waals surface area contributed by atoms with Gasteiger partial charge in [0.1, 0.15) is 0 Å². The summed E-state index contributed by atoms with van der Waals surface area (Å²) in [7, 11) is 0. The summed E-state index contributed by atoms with van der Waals surface area (Å²) in [5.41, 5.74) is 2.28. The van der Waals surface area contributed by atoms with Crippen molar-refractivity contribution in [2.24, 2.45) is 5.92 Å². The van der Waals surface area contributed by atoms with Gasteiger partial charge in [-0.2, -0.15) is 0 Å². The highest BCUT2D eigenvalue weighted by Crippen LogP contribution is 2.29. The Morgan fingerprint density at radius 2 is 1.64 bits per heavy atom. The number of urea groups is 1. The fourth-order valence-electron chi connectivity index (χ4n) is 2.52. The van der Waals surface area contributed by atoms with Crippen molar-refractivity contribution in [3.63, 3.8) is 0 Å². The lowest BCUT2D eigenvalue weighted by molar-refractivity contribution is -0.118. The first kappa shape index (κ1) is 22.1. The van der Waals surface area contributed by atoms with E-state index in [4.69, 9.17) is 23.2 Å². The van der Waals surface area contributed by atoms with Crippen LogP contribution in [0.3, 0.4) is 0 Å². The van der Waals surface area contributed by atoms with Gasteiger partial charge in [0.15, 0.2) is 0 Å². The molecule has 5 nitrogen and oxygen atoms in total. The first-order chi connectivity index (χ1) is 13.0. The second-order valence-electron chi connectivity index (χ2n) is 7.51. The van der Waals surface area contributed by atoms with Crippen molar-refractivity contribution >= 4 is 46.5 Å². The van der Waals surface area contributed by atoms with E-state index in [1.807, 2.05) is 46.8 Å². The summed E-state index contributed by atoms with van der Waals surface area (Å²) in [5, 5.41) is 9.50. The molecule has 28 heavy (non-hydrogen) atoms. The van der Waals surface area contributed by atoms with Crippen molar-refractivity contribution in [1.82, 2.24) is 5.32 Å². The summed E-state index contributed by atoms with van der Waals surface area (Å²) in [4.78, 5) is 24.5. The summed E-state index contributed by atoms with van der Waals surface area (Å²) in [6.45, 7) is 9.27. The number of rotatable bonds is 5. The molecule has 3 N–H and O–H groups in total. The number of amides is 3. The van der Waals surface area contributed by atoms with Crippen molar-refractivity contribution in [1.29, 1.82) is 0 Å². The van der Waals surface area contributed by atoms with Gasteiger partial charge < -0.3 is 16.0 Å². The van der Waals surface area contributed by atoms with Crippen LogP contribution in [0.25, 0.3) is 0 Å². The molecular weight excluding hydrogens is 397 g/mol. The van der Waals surface area contributed by atoms with E-state index in [2.05, 4.69) is 16.0 Å². The van der Waals surface area contributed by atoms with Crippen LogP contribution in [-0.4, -0.2) is 11.9 Å². The second kappa shape index (κ2) is 8.84. The van der Waals surface area contributed by atoms with E-state index in [9.17, 15) is 9.59 Å². The molecular formula is C21H25Cl2N3O2. The van der Waals surface area contributed by atoms with Gasteiger partial charge in [0.05, 0.1) is 15.6 Å². The molecule has 0 aliphatic carbocycles. The molecule has 0 atom stereocenters. The molecule has 3 amide bonds. The Balaban J connectivity index is 2.13. The van der Waals surface area contributed by atoms with Crippen LogP contribution in [0.5, 0.6) is 0 Å². The minimum atomic E-state index is -0.671. The van der Waals surface area contributed by atoms with Crippen LogP contribution in [0, 0.1) is 12.8 Å². The molecule has 2 rings (SSSR count). The quantitative estimate of drug-likeness (QED) is 0.557. The van der Waals surface area contributed by atoms with Gasteiger partial charge >= 0.3 is 6.03 Å². The van der Waals surface area contributed by atoms with Crippen LogP contribution in [0.2, 0.25) is 10.0 Å². The summed E-state index contributed by atoms with van der Waals surface area (Å²) in [6.07, 6.45) is 0. The minimum Gasteiger partial charge on any atom is -0.329 e. The number of carbonyl (C=O) groups is 2. The van der Waals surface area contributed by atoms with Gasteiger partial charge in [-0.25, -0.2) is 4.79 Å². The molecule has 2 aromatic carbocycles. The molecule has 0 saturated heterocycles. The van der Waals surface area contributed by atoms with E-state index in [0.717, 1.165) is 11.1 Å². The summed E-state index contributed by atoms with van der Waals surface area (Å²) >= 11 is 12.1. The van der Waals surface area contributed by atoms with E-state index in [1.54, 1.807) is 24.3 Å². The Kier molecular flexibility index (Phi) is 6.96. The Labute approximate surface area is 175 Å². The molecule has 0 aliphatic rings. The molecule has 150 valence electrons. The van der Waals surface area contributed by atoms with E-state index >= 15 is 0 Å². The molecule has 0 unspecified atom stereocenters. The van der Waals surface area contributed by atoms with E-state index in [0.29, 0.717) is 21.4 Å². The van der Waals surface area contributed by atoms with Crippen LogP contribution in [0.15, 0.2) is 36.4 Å². The number of hydrogen-bond acceptors (Lipinski definition) is 2. The summed E-state index contributed by atoms with van der Waals surface area (Å²) < 4.78 is 0. The number of aryl methyl sites for hydroxylation is 1. The number of carbonyl (C=O) groups excluding carboxylic acids is 2. The predicted molar refractivity (Wildman–Crippen MR) is 116 cm³/mol. The van der Waals surface area contributed by atoms with E-state index in [1.165, 1.54) is 0 Å². The molecule has 0 fully saturated rings. The zero-order valence-corrected chi connectivity index (χ0v) is 18.1. The molecule has 7 heteroatoms. The van der Waals surface area contributed by atoms with Gasteiger partial charge in [-0.15, -0.1) is 0 Å². The highest BCUT2D eigenvalue weighted by molar-refractivity contribution is 6.42. The smallest absolute Gasteiger partial charge is 0.319 e. The zero-order chi connectivity index (χ0) is 21.1. The van der Waals surface area contributed by atoms with Crippen LogP contribution in [-0.2, 0) is 10.3 Å². The van der Waals surface area contributed by atoms with Crippen molar-refractivity contribution in [2.45, 2.75) is 40.2 Å². The Morgan fingerprint density at radius 1 is 0.964 bits per heavy atom. The SMILES string of the molecule is Cc1ccc(NC(=O)C(C)C)cc1NC(=O)NC(C)(C)c1ccc(Cl)c(Cl)c1. The Morgan fingerprint density at radius 3 is 2.25 bits per heavy atom. The van der Waals surface area contributed by atoms with Crippen LogP contribution in [0.1, 0.15) is 38.8 Å². The van der Waals surface area contributed by atoms with Crippen molar-refractivity contribution in [3.05, 3.63) is 57.6 Å². The van der Waals surface area contributed by atoms with Gasteiger partial charge in [0.2, 0.25) is 5.91 Å². The highest BCUT2D eigenvalue weighted by atomic mass is 35.5. The first-order valence-corrected chi connectivity index (χ1v) is 9.71. The van der Waals surface area contributed by atoms with Crippen LogP contribution >= 0.6 is 23.2 Å². The predicted octanol–water partition coefficient (Wildman–Crippen LogP) is 5.95. The largest absolute Gasteiger partial charge is 0.329 e. The van der Waals surface area contributed by atoms with Crippen LogP contribution in [0.4, 0.5) is 16.2 Å². The number of benzene rings is 2. The Bertz CT molecular complexity index is 895. The van der Waals surface area contributed by atoms with Gasteiger partial charge in [-0.1, -0.05) is 49.2 Å².